The molecule has 2 aromatic rings. The average Bonchev–Trinajstić information content (AvgIpc) is 2.97. The lowest BCUT2D eigenvalue weighted by molar-refractivity contribution is 0.0374. The van der Waals surface area contributed by atoms with E-state index in [2.05, 4.69) is 40.1 Å². The summed E-state index contributed by atoms with van der Waals surface area (Å²) >= 11 is 11.5. The Labute approximate surface area is 170 Å². The molecule has 1 fully saturated rings. The summed E-state index contributed by atoms with van der Waals surface area (Å²) in [5, 5.41) is 0. The maximum absolute atomic E-state index is 5.76. The van der Waals surface area contributed by atoms with E-state index in [1.165, 1.54) is 0 Å². The van der Waals surface area contributed by atoms with E-state index in [1.54, 1.807) is 7.11 Å². The second kappa shape index (κ2) is 8.02. The number of hydrogen-bond donors (Lipinski definition) is 0. The van der Waals surface area contributed by atoms with Crippen molar-refractivity contribution in [3.8, 4) is 16.9 Å². The van der Waals surface area contributed by atoms with E-state index in [0.29, 0.717) is 0 Å². The van der Waals surface area contributed by atoms with Gasteiger partial charge in [-0.05, 0) is 29.3 Å². The van der Waals surface area contributed by atoms with E-state index in [1.807, 2.05) is 12.1 Å². The topological polar surface area (TPSA) is 24.9 Å². The van der Waals surface area contributed by atoms with Crippen molar-refractivity contribution in [2.45, 2.75) is 0 Å². The highest BCUT2D eigenvalue weighted by Crippen LogP contribution is 2.30. The number of morpholine rings is 1. The molecule has 2 heterocycles. The SMILES string of the molecule is COc1ccc(-c2ccc3c(c2)C(=S)N(CCN2CCOCC2)C3=S)cc1. The molecule has 0 bridgehead atoms. The fraction of sp³-hybridized carbons (Fsp3) is 0.333. The molecule has 2 aliphatic heterocycles. The van der Waals surface area contributed by atoms with Crippen LogP contribution in [0.2, 0.25) is 0 Å². The van der Waals surface area contributed by atoms with Gasteiger partial charge in [0.15, 0.2) is 0 Å². The van der Waals surface area contributed by atoms with Gasteiger partial charge >= 0.3 is 0 Å². The number of benzene rings is 2. The molecule has 27 heavy (non-hydrogen) atoms. The van der Waals surface area contributed by atoms with Crippen molar-refractivity contribution in [3.63, 3.8) is 0 Å². The molecule has 4 rings (SSSR count). The second-order valence-electron chi connectivity index (χ2n) is 6.70. The minimum Gasteiger partial charge on any atom is -0.497 e. The predicted octanol–water partition coefficient (Wildman–Crippen LogP) is 3.36. The van der Waals surface area contributed by atoms with Gasteiger partial charge in [0.25, 0.3) is 0 Å². The van der Waals surface area contributed by atoms with Crippen LogP contribution in [0.15, 0.2) is 42.5 Å². The Morgan fingerprint density at radius 3 is 2.26 bits per heavy atom. The molecule has 0 aromatic heterocycles. The van der Waals surface area contributed by atoms with E-state index in [9.17, 15) is 0 Å². The third-order valence-electron chi connectivity index (χ3n) is 5.14. The molecular weight excluding hydrogens is 376 g/mol. The smallest absolute Gasteiger partial charge is 0.118 e. The van der Waals surface area contributed by atoms with Gasteiger partial charge in [-0.3, -0.25) is 4.90 Å². The molecule has 0 atom stereocenters. The van der Waals surface area contributed by atoms with E-state index in [-0.39, 0.29) is 0 Å². The minimum atomic E-state index is 0.806. The minimum absolute atomic E-state index is 0.806. The molecule has 0 radical (unpaired) electrons. The lowest BCUT2D eigenvalue weighted by Gasteiger charge is -2.29. The summed E-state index contributed by atoms with van der Waals surface area (Å²) in [6, 6.07) is 14.4. The molecule has 4 nitrogen and oxygen atoms in total. The van der Waals surface area contributed by atoms with Gasteiger partial charge in [0.1, 0.15) is 15.7 Å². The van der Waals surface area contributed by atoms with Gasteiger partial charge in [-0.15, -0.1) is 0 Å². The molecule has 6 heteroatoms. The van der Waals surface area contributed by atoms with Crippen LogP contribution in [0.3, 0.4) is 0 Å². The first-order valence-electron chi connectivity index (χ1n) is 9.12. The van der Waals surface area contributed by atoms with Crippen LogP contribution in [0.1, 0.15) is 11.1 Å². The van der Waals surface area contributed by atoms with Gasteiger partial charge in [-0.2, -0.15) is 0 Å². The van der Waals surface area contributed by atoms with Crippen LogP contribution in [0.4, 0.5) is 0 Å². The summed E-state index contributed by atoms with van der Waals surface area (Å²) in [4.78, 5) is 6.17. The Bertz CT molecular complexity index is 861. The van der Waals surface area contributed by atoms with Gasteiger partial charge in [-0.1, -0.05) is 48.7 Å². The van der Waals surface area contributed by atoms with Crippen LogP contribution in [-0.4, -0.2) is 66.3 Å². The van der Waals surface area contributed by atoms with Crippen molar-refractivity contribution in [2.75, 3.05) is 46.5 Å². The highest BCUT2D eigenvalue weighted by molar-refractivity contribution is 7.82. The molecule has 0 unspecified atom stereocenters. The van der Waals surface area contributed by atoms with E-state index in [0.717, 1.165) is 77.4 Å². The lowest BCUT2D eigenvalue weighted by atomic mass is 10.0. The van der Waals surface area contributed by atoms with Crippen molar-refractivity contribution < 1.29 is 9.47 Å². The van der Waals surface area contributed by atoms with Crippen LogP contribution in [0.25, 0.3) is 11.1 Å². The number of ether oxygens (including phenoxy) is 2. The molecule has 0 saturated carbocycles. The van der Waals surface area contributed by atoms with Crippen molar-refractivity contribution in [1.82, 2.24) is 9.80 Å². The normalized spacial score (nSPS) is 17.3. The van der Waals surface area contributed by atoms with Gasteiger partial charge in [-0.25, -0.2) is 0 Å². The highest BCUT2D eigenvalue weighted by atomic mass is 32.1. The number of fused-ring (bicyclic) bond motifs is 1. The van der Waals surface area contributed by atoms with E-state index in [4.69, 9.17) is 33.9 Å². The first-order chi connectivity index (χ1) is 13.2. The van der Waals surface area contributed by atoms with Crippen molar-refractivity contribution >= 4 is 34.4 Å². The predicted molar refractivity (Wildman–Crippen MR) is 116 cm³/mol. The zero-order chi connectivity index (χ0) is 18.8. The summed E-state index contributed by atoms with van der Waals surface area (Å²) < 4.78 is 10.7. The molecule has 2 aromatic carbocycles. The molecule has 1 saturated heterocycles. The van der Waals surface area contributed by atoms with Crippen LogP contribution in [0, 0.1) is 0 Å². The summed E-state index contributed by atoms with van der Waals surface area (Å²) in [5.74, 6) is 0.853. The molecule has 0 N–H and O–H groups in total. The Morgan fingerprint density at radius 2 is 1.56 bits per heavy atom. The summed E-state index contributed by atoms with van der Waals surface area (Å²) in [7, 11) is 1.68. The van der Waals surface area contributed by atoms with Crippen molar-refractivity contribution in [3.05, 3.63) is 53.6 Å². The third-order valence-corrected chi connectivity index (χ3v) is 6.02. The van der Waals surface area contributed by atoms with E-state index >= 15 is 0 Å². The standard InChI is InChI=1S/C21H22N2O2S2/c1-24-17-5-2-15(3-6-17)16-4-7-18-19(14-16)21(27)23(20(18)26)9-8-22-10-12-25-13-11-22/h2-7,14H,8-13H2,1H3. The van der Waals surface area contributed by atoms with Crippen LogP contribution >= 0.6 is 24.4 Å². The molecular formula is C21H22N2O2S2. The molecule has 2 aliphatic rings. The Kier molecular flexibility index (Phi) is 5.50. The second-order valence-corrected chi connectivity index (χ2v) is 7.48. The lowest BCUT2D eigenvalue weighted by Crippen LogP contribution is -2.42. The number of rotatable bonds is 5. The first-order valence-corrected chi connectivity index (χ1v) is 9.94. The van der Waals surface area contributed by atoms with E-state index < -0.39 is 0 Å². The molecule has 140 valence electrons. The maximum Gasteiger partial charge on any atom is 0.118 e. The van der Waals surface area contributed by atoms with Gasteiger partial charge < -0.3 is 14.4 Å². The largest absolute Gasteiger partial charge is 0.497 e. The number of methoxy groups -OCH3 is 1. The summed E-state index contributed by atoms with van der Waals surface area (Å²) in [5.41, 5.74) is 4.40. The summed E-state index contributed by atoms with van der Waals surface area (Å²) in [6.07, 6.45) is 0. The van der Waals surface area contributed by atoms with Crippen LogP contribution in [0.5, 0.6) is 5.75 Å². The maximum atomic E-state index is 5.76. The average molecular weight is 399 g/mol. The third kappa shape index (κ3) is 3.75. The monoisotopic (exact) mass is 398 g/mol. The quantitative estimate of drug-likeness (QED) is 0.717. The Balaban J connectivity index is 1.52. The fourth-order valence-electron chi connectivity index (χ4n) is 3.52. The Hall–Kier alpha value is -1.86. The highest BCUT2D eigenvalue weighted by Gasteiger charge is 2.29. The summed E-state index contributed by atoms with van der Waals surface area (Å²) in [6.45, 7) is 5.33. The molecule has 0 aliphatic carbocycles. The number of thiocarbonyl (C=S) groups is 2. The van der Waals surface area contributed by atoms with Crippen LogP contribution < -0.4 is 4.74 Å². The van der Waals surface area contributed by atoms with Gasteiger partial charge in [0, 0.05) is 37.3 Å². The first kappa shape index (κ1) is 18.5. The zero-order valence-electron chi connectivity index (χ0n) is 15.3. The molecule has 0 amide bonds. The number of nitrogens with zero attached hydrogens (tertiary/aromatic N) is 2. The zero-order valence-corrected chi connectivity index (χ0v) is 16.9. The van der Waals surface area contributed by atoms with Gasteiger partial charge in [0.2, 0.25) is 0 Å². The van der Waals surface area contributed by atoms with Crippen molar-refractivity contribution in [1.29, 1.82) is 0 Å². The number of hydrogen-bond acceptors (Lipinski definition) is 5. The van der Waals surface area contributed by atoms with Crippen LogP contribution in [-0.2, 0) is 4.74 Å². The Morgan fingerprint density at radius 1 is 0.889 bits per heavy atom. The van der Waals surface area contributed by atoms with Gasteiger partial charge in [0.05, 0.1) is 20.3 Å². The fourth-order valence-corrected chi connectivity index (χ4v) is 4.29. The van der Waals surface area contributed by atoms with Crippen molar-refractivity contribution in [2.24, 2.45) is 0 Å². The molecule has 0 spiro atoms.